The Labute approximate surface area is 172 Å². The van der Waals surface area contributed by atoms with Gasteiger partial charge in [-0.2, -0.15) is 0 Å². The summed E-state index contributed by atoms with van der Waals surface area (Å²) in [5, 5.41) is 4.73. The highest BCUT2D eigenvalue weighted by atomic mass is 16.7. The minimum absolute atomic E-state index is 0.0953. The molecule has 0 N–H and O–H groups in total. The van der Waals surface area contributed by atoms with Crippen molar-refractivity contribution in [3.05, 3.63) is 96.1 Å². The van der Waals surface area contributed by atoms with Crippen molar-refractivity contribution in [3.8, 4) is 0 Å². The Hall–Kier alpha value is -2.68. The van der Waals surface area contributed by atoms with E-state index in [1.54, 1.807) is 0 Å². The first kappa shape index (κ1) is 18.4. The number of fused-ring (bicyclic) bond motifs is 2. The monoisotopic (exact) mass is 382 g/mol. The Morgan fingerprint density at radius 2 is 1.00 bits per heavy atom. The van der Waals surface area contributed by atoms with Gasteiger partial charge in [0.25, 0.3) is 0 Å². The maximum atomic E-state index is 6.84. The molecule has 0 amide bonds. The van der Waals surface area contributed by atoms with Crippen LogP contribution in [-0.4, -0.2) is 12.2 Å². The lowest BCUT2D eigenvalue weighted by molar-refractivity contribution is -0.239. The van der Waals surface area contributed by atoms with Crippen molar-refractivity contribution < 1.29 is 9.47 Å². The van der Waals surface area contributed by atoms with Crippen LogP contribution in [0.25, 0.3) is 21.5 Å². The lowest BCUT2D eigenvalue weighted by atomic mass is 9.89. The summed E-state index contributed by atoms with van der Waals surface area (Å²) in [4.78, 5) is 0. The van der Waals surface area contributed by atoms with Gasteiger partial charge >= 0.3 is 0 Å². The number of benzene rings is 4. The predicted molar refractivity (Wildman–Crippen MR) is 119 cm³/mol. The summed E-state index contributed by atoms with van der Waals surface area (Å²) in [6.07, 6.45) is 2.16. The Bertz CT molecular complexity index is 1060. The molecule has 1 aliphatic rings. The summed E-state index contributed by atoms with van der Waals surface area (Å²) in [6.45, 7) is 4.32. The second kappa shape index (κ2) is 7.29. The highest BCUT2D eigenvalue weighted by molar-refractivity contribution is 5.90. The zero-order chi connectivity index (χ0) is 19.8. The van der Waals surface area contributed by atoms with Crippen LogP contribution in [0.5, 0.6) is 0 Å². The van der Waals surface area contributed by atoms with Crippen LogP contribution >= 0.6 is 0 Å². The van der Waals surface area contributed by atoms with Crippen LogP contribution in [0, 0.1) is 0 Å². The number of hydrogen-bond acceptors (Lipinski definition) is 2. The van der Waals surface area contributed by atoms with Gasteiger partial charge in [-0.15, -0.1) is 0 Å². The van der Waals surface area contributed by atoms with E-state index in [0.29, 0.717) is 0 Å². The first-order chi connectivity index (χ1) is 14.2. The van der Waals surface area contributed by atoms with E-state index in [2.05, 4.69) is 98.8 Å². The maximum absolute atomic E-state index is 6.84. The average molecular weight is 383 g/mol. The van der Waals surface area contributed by atoms with Crippen LogP contribution < -0.4 is 0 Å². The van der Waals surface area contributed by atoms with Gasteiger partial charge in [0.1, 0.15) is 0 Å². The normalized spacial score (nSPS) is 21.9. The van der Waals surface area contributed by atoms with Gasteiger partial charge in [0.2, 0.25) is 5.79 Å². The fourth-order valence-electron chi connectivity index (χ4n) is 4.61. The number of ether oxygens (including phenoxy) is 2. The van der Waals surface area contributed by atoms with Crippen LogP contribution in [-0.2, 0) is 15.3 Å². The summed E-state index contributed by atoms with van der Waals surface area (Å²) in [5.74, 6) is -0.947. The quantitative estimate of drug-likeness (QED) is 0.380. The standard InChI is InChI=1S/C27H26O2/c1-19-17-18-20(2)29-27(28-19,25-15-7-11-21-9-3-5-13-23(21)25)26-16-8-12-22-10-4-6-14-24(22)26/h3-16,19-20H,17-18H2,1-2H3/t19-,20-/m1/s1. The van der Waals surface area contributed by atoms with Crippen LogP contribution in [0.15, 0.2) is 84.9 Å². The zero-order valence-electron chi connectivity index (χ0n) is 17.0. The van der Waals surface area contributed by atoms with Crippen molar-refractivity contribution >= 4 is 21.5 Å². The molecule has 0 bridgehead atoms. The van der Waals surface area contributed by atoms with E-state index in [1.807, 2.05) is 0 Å². The molecule has 0 radical (unpaired) electrons. The molecular weight excluding hydrogens is 356 g/mol. The van der Waals surface area contributed by atoms with Gasteiger partial charge in [-0.3, -0.25) is 0 Å². The lowest BCUT2D eigenvalue weighted by Gasteiger charge is -2.38. The minimum Gasteiger partial charge on any atom is -0.339 e. The first-order valence-electron chi connectivity index (χ1n) is 10.5. The van der Waals surface area contributed by atoms with Crippen LogP contribution in [0.3, 0.4) is 0 Å². The Morgan fingerprint density at radius 3 is 1.48 bits per heavy atom. The highest BCUT2D eigenvalue weighted by Crippen LogP contribution is 2.45. The summed E-state index contributed by atoms with van der Waals surface area (Å²) < 4.78 is 13.7. The summed E-state index contributed by atoms with van der Waals surface area (Å²) in [6, 6.07) is 29.8. The molecule has 5 rings (SSSR count). The molecule has 4 aromatic carbocycles. The number of rotatable bonds is 2. The van der Waals surface area contributed by atoms with E-state index in [0.717, 1.165) is 24.0 Å². The SMILES string of the molecule is C[C@@H]1CC[C@@H](C)OC(c2cccc3ccccc23)(c2cccc3ccccc23)O1. The van der Waals surface area contributed by atoms with Gasteiger partial charge in [0, 0.05) is 11.1 Å². The van der Waals surface area contributed by atoms with Gasteiger partial charge in [0.15, 0.2) is 0 Å². The van der Waals surface area contributed by atoms with Gasteiger partial charge in [-0.25, -0.2) is 0 Å². The highest BCUT2D eigenvalue weighted by Gasteiger charge is 2.43. The molecule has 0 aliphatic carbocycles. The van der Waals surface area contributed by atoms with Crippen molar-refractivity contribution in [1.82, 2.24) is 0 Å². The molecule has 146 valence electrons. The van der Waals surface area contributed by atoms with Gasteiger partial charge in [0.05, 0.1) is 12.2 Å². The Kier molecular flexibility index (Phi) is 4.61. The van der Waals surface area contributed by atoms with Crippen LogP contribution in [0.4, 0.5) is 0 Å². The van der Waals surface area contributed by atoms with E-state index in [9.17, 15) is 0 Å². The summed E-state index contributed by atoms with van der Waals surface area (Å²) in [5.41, 5.74) is 2.15. The molecule has 1 saturated heterocycles. The molecule has 2 nitrogen and oxygen atoms in total. The van der Waals surface area contributed by atoms with Crippen molar-refractivity contribution in [3.63, 3.8) is 0 Å². The lowest BCUT2D eigenvalue weighted by Crippen LogP contribution is -2.38. The molecule has 4 aromatic rings. The second-order valence-electron chi connectivity index (χ2n) is 8.10. The molecule has 0 unspecified atom stereocenters. The average Bonchev–Trinajstić information content (AvgIpc) is 2.91. The molecule has 0 saturated carbocycles. The van der Waals surface area contributed by atoms with Gasteiger partial charge < -0.3 is 9.47 Å². The third-order valence-electron chi connectivity index (χ3n) is 6.00. The van der Waals surface area contributed by atoms with Crippen molar-refractivity contribution in [2.75, 3.05) is 0 Å². The third kappa shape index (κ3) is 3.13. The molecular formula is C27H26O2. The molecule has 1 fully saturated rings. The van der Waals surface area contributed by atoms with E-state index in [4.69, 9.17) is 9.47 Å². The van der Waals surface area contributed by atoms with E-state index in [1.165, 1.54) is 21.5 Å². The van der Waals surface area contributed by atoms with Gasteiger partial charge in [-0.05, 0) is 48.2 Å². The first-order valence-corrected chi connectivity index (χ1v) is 10.5. The van der Waals surface area contributed by atoms with Crippen molar-refractivity contribution in [1.29, 1.82) is 0 Å². The largest absolute Gasteiger partial charge is 0.339 e. The molecule has 0 spiro atoms. The fraction of sp³-hybridized carbons (Fsp3) is 0.259. The van der Waals surface area contributed by atoms with E-state index < -0.39 is 5.79 Å². The van der Waals surface area contributed by atoms with Gasteiger partial charge in [-0.1, -0.05) is 84.9 Å². The molecule has 0 aromatic heterocycles. The number of hydrogen-bond donors (Lipinski definition) is 0. The summed E-state index contributed by atoms with van der Waals surface area (Å²) in [7, 11) is 0. The molecule has 2 atom stereocenters. The second-order valence-corrected chi connectivity index (χ2v) is 8.10. The van der Waals surface area contributed by atoms with E-state index >= 15 is 0 Å². The van der Waals surface area contributed by atoms with Crippen molar-refractivity contribution in [2.24, 2.45) is 0 Å². The molecule has 1 aliphatic heterocycles. The smallest absolute Gasteiger partial charge is 0.224 e. The Morgan fingerprint density at radius 1 is 0.586 bits per heavy atom. The van der Waals surface area contributed by atoms with Crippen molar-refractivity contribution in [2.45, 2.75) is 44.7 Å². The zero-order valence-corrected chi connectivity index (χ0v) is 17.0. The third-order valence-corrected chi connectivity index (χ3v) is 6.00. The Balaban J connectivity index is 1.87. The molecule has 2 heteroatoms. The van der Waals surface area contributed by atoms with Crippen LogP contribution in [0.1, 0.15) is 37.8 Å². The fourth-order valence-corrected chi connectivity index (χ4v) is 4.61. The molecule has 29 heavy (non-hydrogen) atoms. The topological polar surface area (TPSA) is 18.5 Å². The summed E-state index contributed by atoms with van der Waals surface area (Å²) >= 11 is 0. The predicted octanol–water partition coefficient (Wildman–Crippen LogP) is 6.80. The maximum Gasteiger partial charge on any atom is 0.224 e. The molecule has 1 heterocycles. The minimum atomic E-state index is -0.947. The van der Waals surface area contributed by atoms with Crippen LogP contribution in [0.2, 0.25) is 0 Å². The van der Waals surface area contributed by atoms with E-state index in [-0.39, 0.29) is 12.2 Å².